The Balaban J connectivity index is 2.12. The van der Waals surface area contributed by atoms with E-state index in [4.69, 9.17) is 4.74 Å². The molecule has 1 aromatic rings. The number of aliphatic hydroxyl groups excluding tert-OH is 1. The van der Waals surface area contributed by atoms with E-state index >= 15 is 0 Å². The largest absolute Gasteiger partial charge is 0.367 e. The Morgan fingerprint density at radius 2 is 2.12 bits per heavy atom. The van der Waals surface area contributed by atoms with Crippen molar-refractivity contribution in [3.8, 4) is 0 Å². The summed E-state index contributed by atoms with van der Waals surface area (Å²) in [5, 5.41) is 18.5. The lowest BCUT2D eigenvalue weighted by Gasteiger charge is -2.26. The van der Waals surface area contributed by atoms with Crippen LogP contribution in [0.2, 0.25) is 0 Å². The molecule has 2 N–H and O–H groups in total. The molecule has 5 heteroatoms. The average molecular weight is 237 g/mol. The molecule has 1 aliphatic rings. The molecule has 1 heterocycles. The number of hydrogen-bond acceptors (Lipinski definition) is 5. The number of carbonyl (C=O) groups is 1. The lowest BCUT2D eigenvalue weighted by atomic mass is 10.2. The summed E-state index contributed by atoms with van der Waals surface area (Å²) < 4.78 is 5.20. The summed E-state index contributed by atoms with van der Waals surface area (Å²) >= 11 is 0. The van der Waals surface area contributed by atoms with Crippen molar-refractivity contribution in [3.63, 3.8) is 0 Å². The second-order valence-electron chi connectivity index (χ2n) is 4.00. The van der Waals surface area contributed by atoms with E-state index in [1.807, 2.05) is 30.3 Å². The van der Waals surface area contributed by atoms with Gasteiger partial charge in [-0.05, 0) is 5.56 Å². The second kappa shape index (κ2) is 5.37. The maximum absolute atomic E-state index is 10.8. The molecule has 0 amide bonds. The van der Waals surface area contributed by atoms with E-state index in [1.165, 1.54) is 0 Å². The summed E-state index contributed by atoms with van der Waals surface area (Å²) in [7, 11) is 0. The monoisotopic (exact) mass is 237 g/mol. The van der Waals surface area contributed by atoms with Gasteiger partial charge in [-0.3, -0.25) is 9.69 Å². The fourth-order valence-electron chi connectivity index (χ4n) is 1.95. The quantitative estimate of drug-likeness (QED) is 0.557. The van der Waals surface area contributed by atoms with Crippen LogP contribution in [-0.2, 0) is 16.1 Å². The molecule has 1 fully saturated rings. The molecular formula is C12H15NO4. The summed E-state index contributed by atoms with van der Waals surface area (Å²) in [5.41, 5.74) is 0.996. The molecule has 5 nitrogen and oxygen atoms in total. The number of hydrogen-bond donors (Lipinski definition) is 2. The molecule has 92 valence electrons. The first kappa shape index (κ1) is 12.2. The molecule has 1 aliphatic heterocycles. The number of carbonyl (C=O) groups excluding carboxylic acids is 1. The van der Waals surface area contributed by atoms with E-state index in [1.54, 1.807) is 4.90 Å². The van der Waals surface area contributed by atoms with Crippen LogP contribution in [0, 0.1) is 0 Å². The molecule has 0 aliphatic carbocycles. The van der Waals surface area contributed by atoms with E-state index in [-0.39, 0.29) is 6.61 Å². The zero-order chi connectivity index (χ0) is 12.3. The van der Waals surface area contributed by atoms with Crippen LogP contribution in [0.1, 0.15) is 5.56 Å². The zero-order valence-corrected chi connectivity index (χ0v) is 9.27. The fourth-order valence-corrected chi connectivity index (χ4v) is 1.95. The minimum atomic E-state index is -1.51. The van der Waals surface area contributed by atoms with Crippen molar-refractivity contribution >= 4 is 6.29 Å². The van der Waals surface area contributed by atoms with Crippen LogP contribution >= 0.6 is 0 Å². The SMILES string of the molecule is O=CC1OC[C@@H](C(O)O)N1Cc1ccccc1. The summed E-state index contributed by atoms with van der Waals surface area (Å²) in [4.78, 5) is 12.5. The third kappa shape index (κ3) is 2.70. The topological polar surface area (TPSA) is 70.0 Å². The molecule has 17 heavy (non-hydrogen) atoms. The Labute approximate surface area is 99.2 Å². The van der Waals surface area contributed by atoms with Crippen LogP contribution < -0.4 is 0 Å². The van der Waals surface area contributed by atoms with Crippen molar-refractivity contribution in [2.75, 3.05) is 6.61 Å². The Hall–Kier alpha value is -1.27. The number of aliphatic hydroxyl groups is 2. The first-order valence-electron chi connectivity index (χ1n) is 5.45. The summed E-state index contributed by atoms with van der Waals surface area (Å²) in [5.74, 6) is 0. The van der Waals surface area contributed by atoms with Crippen molar-refractivity contribution in [3.05, 3.63) is 35.9 Å². The Bertz CT molecular complexity index is 368. The number of benzene rings is 1. The summed E-state index contributed by atoms with van der Waals surface area (Å²) in [6.07, 6.45) is -1.55. The summed E-state index contributed by atoms with van der Waals surface area (Å²) in [6.45, 7) is 0.598. The Morgan fingerprint density at radius 1 is 1.41 bits per heavy atom. The summed E-state index contributed by atoms with van der Waals surface area (Å²) in [6, 6.07) is 8.96. The van der Waals surface area contributed by atoms with Gasteiger partial charge < -0.3 is 14.9 Å². The van der Waals surface area contributed by atoms with Gasteiger partial charge in [0.05, 0.1) is 12.6 Å². The van der Waals surface area contributed by atoms with Crippen molar-refractivity contribution in [1.82, 2.24) is 4.90 Å². The average Bonchev–Trinajstić information content (AvgIpc) is 2.73. The maximum atomic E-state index is 10.8. The zero-order valence-electron chi connectivity index (χ0n) is 9.27. The van der Waals surface area contributed by atoms with Gasteiger partial charge in [-0.25, -0.2) is 0 Å². The van der Waals surface area contributed by atoms with Crippen molar-refractivity contribution in [2.24, 2.45) is 0 Å². The number of aldehydes is 1. The van der Waals surface area contributed by atoms with Gasteiger partial charge in [0.25, 0.3) is 0 Å². The smallest absolute Gasteiger partial charge is 0.169 e. The molecule has 2 rings (SSSR count). The Morgan fingerprint density at radius 3 is 2.71 bits per heavy atom. The molecule has 1 unspecified atom stereocenters. The highest BCUT2D eigenvalue weighted by Gasteiger charge is 2.37. The molecule has 2 atom stereocenters. The third-order valence-corrected chi connectivity index (χ3v) is 2.86. The van der Waals surface area contributed by atoms with Crippen molar-refractivity contribution < 1.29 is 19.7 Å². The van der Waals surface area contributed by atoms with E-state index in [2.05, 4.69) is 0 Å². The van der Waals surface area contributed by atoms with Crippen LogP contribution in [0.5, 0.6) is 0 Å². The van der Waals surface area contributed by atoms with E-state index < -0.39 is 18.6 Å². The number of rotatable bonds is 4. The van der Waals surface area contributed by atoms with Gasteiger partial charge in [-0.2, -0.15) is 0 Å². The minimum Gasteiger partial charge on any atom is -0.367 e. The highest BCUT2D eigenvalue weighted by molar-refractivity contribution is 5.56. The second-order valence-corrected chi connectivity index (χ2v) is 4.00. The van der Waals surface area contributed by atoms with Crippen LogP contribution in [0.15, 0.2) is 30.3 Å². The first-order chi connectivity index (χ1) is 8.22. The van der Waals surface area contributed by atoms with Gasteiger partial charge in [0.1, 0.15) is 0 Å². The van der Waals surface area contributed by atoms with E-state index in [0.29, 0.717) is 12.8 Å². The fraction of sp³-hybridized carbons (Fsp3) is 0.417. The van der Waals surface area contributed by atoms with Crippen LogP contribution in [-0.4, -0.2) is 46.6 Å². The maximum Gasteiger partial charge on any atom is 0.169 e. The highest BCUT2D eigenvalue weighted by Crippen LogP contribution is 2.20. The minimum absolute atomic E-state index is 0.147. The van der Waals surface area contributed by atoms with Gasteiger partial charge >= 0.3 is 0 Å². The van der Waals surface area contributed by atoms with Crippen LogP contribution in [0.25, 0.3) is 0 Å². The molecule has 1 aromatic carbocycles. The first-order valence-corrected chi connectivity index (χ1v) is 5.45. The molecular weight excluding hydrogens is 222 g/mol. The van der Waals surface area contributed by atoms with Crippen LogP contribution in [0.3, 0.4) is 0 Å². The van der Waals surface area contributed by atoms with Gasteiger partial charge in [-0.15, -0.1) is 0 Å². The molecule has 1 saturated heterocycles. The molecule has 0 spiro atoms. The van der Waals surface area contributed by atoms with Crippen LogP contribution in [0.4, 0.5) is 0 Å². The van der Waals surface area contributed by atoms with Crippen molar-refractivity contribution in [2.45, 2.75) is 25.1 Å². The predicted octanol–water partition coefficient (Wildman–Crippen LogP) is -0.277. The highest BCUT2D eigenvalue weighted by atomic mass is 16.5. The molecule has 0 radical (unpaired) electrons. The third-order valence-electron chi connectivity index (χ3n) is 2.86. The van der Waals surface area contributed by atoms with Gasteiger partial charge in [-0.1, -0.05) is 30.3 Å². The molecule has 0 aromatic heterocycles. The Kier molecular flexibility index (Phi) is 3.86. The van der Waals surface area contributed by atoms with E-state index in [9.17, 15) is 15.0 Å². The van der Waals surface area contributed by atoms with Gasteiger partial charge in [0.15, 0.2) is 18.8 Å². The van der Waals surface area contributed by atoms with E-state index in [0.717, 1.165) is 5.56 Å². The van der Waals surface area contributed by atoms with Gasteiger partial charge in [0.2, 0.25) is 0 Å². The normalized spacial score (nSPS) is 25.4. The molecule has 0 bridgehead atoms. The predicted molar refractivity (Wildman–Crippen MR) is 59.8 cm³/mol. The number of nitrogens with zero attached hydrogens (tertiary/aromatic N) is 1. The van der Waals surface area contributed by atoms with Gasteiger partial charge in [0, 0.05) is 6.54 Å². The molecule has 0 saturated carbocycles. The standard InChI is InChI=1S/C12H15NO4/c14-7-11-13(10(8-17-11)12(15)16)6-9-4-2-1-3-5-9/h1-5,7,10-12,15-16H,6,8H2/t10-,11?/m0/s1. The lowest BCUT2D eigenvalue weighted by Crippen LogP contribution is -2.44. The lowest BCUT2D eigenvalue weighted by molar-refractivity contribution is -0.125. The van der Waals surface area contributed by atoms with Crippen molar-refractivity contribution in [1.29, 1.82) is 0 Å². The number of ether oxygens (including phenoxy) is 1.